The van der Waals surface area contributed by atoms with Gasteiger partial charge in [-0.05, 0) is 36.8 Å². The minimum absolute atomic E-state index is 0.0817. The molecule has 2 rings (SSSR count). The highest BCUT2D eigenvalue weighted by atomic mass is 35.5. The molecule has 0 spiro atoms. The molecule has 6 nitrogen and oxygen atoms in total. The molecule has 0 bridgehead atoms. The van der Waals surface area contributed by atoms with Crippen molar-refractivity contribution in [2.24, 2.45) is 0 Å². The number of hydrogen-bond acceptors (Lipinski definition) is 4. The number of ketones is 1. The summed E-state index contributed by atoms with van der Waals surface area (Å²) in [5.74, 6) is -0.287. The zero-order valence-corrected chi connectivity index (χ0v) is 11.9. The lowest BCUT2D eigenvalue weighted by molar-refractivity contribution is -0.384. The lowest BCUT2D eigenvalue weighted by Gasteiger charge is -1.98. The van der Waals surface area contributed by atoms with Gasteiger partial charge in [0.15, 0.2) is 0 Å². The summed E-state index contributed by atoms with van der Waals surface area (Å²) in [6.07, 6.45) is 4.46. The van der Waals surface area contributed by atoms with E-state index in [4.69, 9.17) is 11.6 Å². The molecule has 0 fully saturated rings. The molecule has 0 aliphatic carbocycles. The zero-order valence-electron chi connectivity index (χ0n) is 11.2. The average Bonchev–Trinajstić information content (AvgIpc) is 2.94. The maximum absolute atomic E-state index is 11.9. The number of nitro groups is 1. The number of carbonyl (C=O) groups excluding carboxylic acids is 1. The van der Waals surface area contributed by atoms with Gasteiger partial charge in [0.25, 0.3) is 5.69 Å². The van der Waals surface area contributed by atoms with Gasteiger partial charge in [0.2, 0.25) is 5.78 Å². The summed E-state index contributed by atoms with van der Waals surface area (Å²) in [5, 5.41) is 15.1. The van der Waals surface area contributed by atoms with Gasteiger partial charge in [-0.15, -0.1) is 0 Å². The second-order valence-electron chi connectivity index (χ2n) is 4.22. The molecule has 0 amide bonds. The third-order valence-corrected chi connectivity index (χ3v) is 3.17. The highest BCUT2D eigenvalue weighted by molar-refractivity contribution is 6.32. The van der Waals surface area contributed by atoms with E-state index in [1.807, 2.05) is 6.92 Å². The van der Waals surface area contributed by atoms with E-state index in [0.717, 1.165) is 0 Å². The van der Waals surface area contributed by atoms with E-state index in [-0.39, 0.29) is 11.5 Å². The summed E-state index contributed by atoms with van der Waals surface area (Å²) in [7, 11) is 0. The van der Waals surface area contributed by atoms with E-state index >= 15 is 0 Å². The fourth-order valence-electron chi connectivity index (χ4n) is 1.69. The number of halogens is 1. The molecule has 21 heavy (non-hydrogen) atoms. The first-order chi connectivity index (χ1) is 10.0. The van der Waals surface area contributed by atoms with Gasteiger partial charge in [0.05, 0.1) is 4.92 Å². The van der Waals surface area contributed by atoms with Gasteiger partial charge in [-0.25, -0.2) is 0 Å². The van der Waals surface area contributed by atoms with Crippen molar-refractivity contribution < 1.29 is 9.72 Å². The zero-order chi connectivity index (χ0) is 15.4. The number of benzene rings is 1. The van der Waals surface area contributed by atoms with Crippen LogP contribution in [0.2, 0.25) is 5.02 Å². The standard InChI is InChI=1S/C14H12ClN3O3/c1-2-17-8-7-13(16-17)14(19)6-3-10-9-11(18(20)21)4-5-12(10)15/h3-9H,2H2,1H3/b6-3+. The van der Waals surface area contributed by atoms with Crippen molar-refractivity contribution in [3.8, 4) is 0 Å². The minimum atomic E-state index is -0.515. The average molecular weight is 306 g/mol. The molecule has 0 radical (unpaired) electrons. The van der Waals surface area contributed by atoms with Crippen LogP contribution in [-0.2, 0) is 6.54 Å². The molecule has 0 aliphatic heterocycles. The second-order valence-corrected chi connectivity index (χ2v) is 4.62. The molecule has 2 aromatic rings. The Balaban J connectivity index is 2.22. The first-order valence-electron chi connectivity index (χ1n) is 6.21. The number of aromatic nitrogens is 2. The van der Waals surface area contributed by atoms with Crippen LogP contribution in [0.15, 0.2) is 36.5 Å². The Morgan fingerprint density at radius 3 is 2.86 bits per heavy atom. The van der Waals surface area contributed by atoms with E-state index in [1.165, 1.54) is 30.4 Å². The van der Waals surface area contributed by atoms with E-state index in [1.54, 1.807) is 16.9 Å². The predicted molar refractivity (Wildman–Crippen MR) is 79.4 cm³/mol. The number of non-ortho nitro benzene ring substituents is 1. The molecular weight excluding hydrogens is 294 g/mol. The monoisotopic (exact) mass is 305 g/mol. The van der Waals surface area contributed by atoms with Crippen molar-refractivity contribution in [3.63, 3.8) is 0 Å². The summed E-state index contributed by atoms with van der Waals surface area (Å²) in [4.78, 5) is 22.1. The quantitative estimate of drug-likeness (QED) is 0.367. The maximum atomic E-state index is 11.9. The van der Waals surface area contributed by atoms with Crippen molar-refractivity contribution in [2.45, 2.75) is 13.5 Å². The Morgan fingerprint density at radius 2 is 2.24 bits per heavy atom. The molecule has 0 N–H and O–H groups in total. The first-order valence-corrected chi connectivity index (χ1v) is 6.59. The molecule has 1 aromatic carbocycles. The molecule has 108 valence electrons. The number of rotatable bonds is 5. The van der Waals surface area contributed by atoms with Crippen LogP contribution in [0.4, 0.5) is 5.69 Å². The third-order valence-electron chi connectivity index (χ3n) is 2.82. The van der Waals surface area contributed by atoms with Gasteiger partial charge in [0, 0.05) is 29.9 Å². The number of hydrogen-bond donors (Lipinski definition) is 0. The molecule has 0 saturated heterocycles. The van der Waals surface area contributed by atoms with E-state index in [0.29, 0.717) is 22.8 Å². The van der Waals surface area contributed by atoms with Crippen molar-refractivity contribution in [2.75, 3.05) is 0 Å². The summed E-state index contributed by atoms with van der Waals surface area (Å²) in [6.45, 7) is 2.59. The van der Waals surface area contributed by atoms with Crippen LogP contribution in [0, 0.1) is 10.1 Å². The van der Waals surface area contributed by atoms with Gasteiger partial charge in [0.1, 0.15) is 5.69 Å². The smallest absolute Gasteiger partial charge is 0.270 e. The third kappa shape index (κ3) is 3.55. The normalized spacial score (nSPS) is 11.0. The second kappa shape index (κ2) is 6.32. The van der Waals surface area contributed by atoms with Gasteiger partial charge >= 0.3 is 0 Å². The maximum Gasteiger partial charge on any atom is 0.270 e. The van der Waals surface area contributed by atoms with E-state index in [2.05, 4.69) is 5.10 Å². The molecule has 0 aliphatic rings. The molecular formula is C14H12ClN3O3. The van der Waals surface area contributed by atoms with Gasteiger partial charge in [-0.2, -0.15) is 5.10 Å². The fourth-order valence-corrected chi connectivity index (χ4v) is 1.87. The Labute approximate surface area is 125 Å². The van der Waals surface area contributed by atoms with Crippen LogP contribution in [0.25, 0.3) is 6.08 Å². The Hall–Kier alpha value is -2.47. The number of aryl methyl sites for hydroxylation is 1. The molecule has 7 heteroatoms. The first kappa shape index (κ1) is 14.9. The van der Waals surface area contributed by atoms with Gasteiger partial charge in [-0.1, -0.05) is 11.6 Å². The van der Waals surface area contributed by atoms with Crippen LogP contribution >= 0.6 is 11.6 Å². The van der Waals surface area contributed by atoms with Gasteiger partial charge in [-0.3, -0.25) is 19.6 Å². The fraction of sp³-hybridized carbons (Fsp3) is 0.143. The number of nitro benzene ring substituents is 1. The summed E-state index contributed by atoms with van der Waals surface area (Å²) >= 11 is 5.95. The SMILES string of the molecule is CCn1ccc(C(=O)/C=C/c2cc([N+](=O)[O-])ccc2Cl)n1. The number of carbonyl (C=O) groups is 1. The van der Waals surface area contributed by atoms with Crippen molar-refractivity contribution in [1.82, 2.24) is 9.78 Å². The number of allylic oxidation sites excluding steroid dienone is 1. The topological polar surface area (TPSA) is 78.0 Å². The van der Waals surface area contributed by atoms with Crippen molar-refractivity contribution >= 4 is 29.1 Å². The predicted octanol–water partition coefficient (Wildman–Crippen LogP) is 3.36. The van der Waals surface area contributed by atoms with Gasteiger partial charge < -0.3 is 0 Å². The van der Waals surface area contributed by atoms with Crippen molar-refractivity contribution in [1.29, 1.82) is 0 Å². The highest BCUT2D eigenvalue weighted by Gasteiger charge is 2.09. The van der Waals surface area contributed by atoms with Crippen molar-refractivity contribution in [3.05, 3.63) is 62.9 Å². The van der Waals surface area contributed by atoms with E-state index in [9.17, 15) is 14.9 Å². The minimum Gasteiger partial charge on any atom is -0.287 e. The number of nitrogens with zero attached hydrogens (tertiary/aromatic N) is 3. The molecule has 1 aromatic heterocycles. The van der Waals surface area contributed by atoms with Crippen LogP contribution in [0.3, 0.4) is 0 Å². The Bertz CT molecular complexity index is 722. The Kier molecular flexibility index (Phi) is 4.49. The lowest BCUT2D eigenvalue weighted by atomic mass is 10.1. The van der Waals surface area contributed by atoms with Crippen LogP contribution in [-0.4, -0.2) is 20.5 Å². The van der Waals surface area contributed by atoms with Crippen LogP contribution < -0.4 is 0 Å². The molecule has 0 atom stereocenters. The lowest BCUT2D eigenvalue weighted by Crippen LogP contribution is -2.00. The van der Waals surface area contributed by atoms with E-state index < -0.39 is 4.92 Å². The summed E-state index contributed by atoms with van der Waals surface area (Å²) in [5.41, 5.74) is 0.644. The molecule has 1 heterocycles. The van der Waals surface area contributed by atoms with Crippen LogP contribution in [0.1, 0.15) is 23.0 Å². The highest BCUT2D eigenvalue weighted by Crippen LogP contribution is 2.23. The summed E-state index contributed by atoms with van der Waals surface area (Å²) in [6, 6.07) is 5.67. The van der Waals surface area contributed by atoms with Crippen LogP contribution in [0.5, 0.6) is 0 Å². The Morgan fingerprint density at radius 1 is 1.48 bits per heavy atom. The molecule has 0 unspecified atom stereocenters. The summed E-state index contributed by atoms with van der Waals surface area (Å²) < 4.78 is 1.64. The molecule has 0 saturated carbocycles. The largest absolute Gasteiger partial charge is 0.287 e.